The first-order valence-electron chi connectivity index (χ1n) is 5.11. The molecule has 0 heterocycles. The van der Waals surface area contributed by atoms with E-state index in [2.05, 4.69) is 5.43 Å². The Morgan fingerprint density at radius 3 is 1.88 bits per heavy atom. The average molecular weight is 228 g/mol. The molecule has 0 bridgehead atoms. The van der Waals surface area contributed by atoms with Crippen molar-refractivity contribution in [3.05, 3.63) is 54.1 Å². The van der Waals surface area contributed by atoms with E-state index in [1.54, 1.807) is 24.3 Å². The molecule has 0 saturated heterocycles. The molecule has 1 amide bonds. The number of carbonyl (C=O) groups is 1. The number of hydrogen-bond donors (Lipinski definition) is 3. The van der Waals surface area contributed by atoms with Crippen LogP contribution in [0, 0.1) is 0 Å². The van der Waals surface area contributed by atoms with Crippen molar-refractivity contribution in [1.29, 1.82) is 0 Å². The van der Waals surface area contributed by atoms with E-state index in [4.69, 9.17) is 5.84 Å². The van der Waals surface area contributed by atoms with Gasteiger partial charge in [-0.25, -0.2) is 5.84 Å². The molecule has 4 heteroatoms. The number of phenols is 1. The van der Waals surface area contributed by atoms with Crippen LogP contribution in [-0.2, 0) is 0 Å². The van der Waals surface area contributed by atoms with Crippen molar-refractivity contribution in [2.24, 2.45) is 5.84 Å². The van der Waals surface area contributed by atoms with E-state index in [0.29, 0.717) is 5.56 Å². The molecular formula is C13H12N2O2. The predicted molar refractivity (Wildman–Crippen MR) is 65.2 cm³/mol. The van der Waals surface area contributed by atoms with Crippen molar-refractivity contribution in [3.8, 4) is 16.9 Å². The van der Waals surface area contributed by atoms with Crippen molar-refractivity contribution >= 4 is 5.91 Å². The summed E-state index contributed by atoms with van der Waals surface area (Å²) in [6.45, 7) is 0. The van der Waals surface area contributed by atoms with Crippen molar-refractivity contribution in [2.45, 2.75) is 0 Å². The molecule has 0 saturated carbocycles. The second kappa shape index (κ2) is 4.67. The lowest BCUT2D eigenvalue weighted by atomic mass is 10.0. The first-order valence-corrected chi connectivity index (χ1v) is 5.11. The molecule has 0 spiro atoms. The van der Waals surface area contributed by atoms with Crippen molar-refractivity contribution < 1.29 is 9.90 Å². The van der Waals surface area contributed by atoms with Gasteiger partial charge in [0.15, 0.2) is 0 Å². The highest BCUT2D eigenvalue weighted by Crippen LogP contribution is 2.22. The molecule has 0 aliphatic rings. The molecular weight excluding hydrogens is 216 g/mol. The van der Waals surface area contributed by atoms with Crippen LogP contribution in [0.25, 0.3) is 11.1 Å². The van der Waals surface area contributed by atoms with E-state index >= 15 is 0 Å². The molecule has 0 aliphatic heterocycles. The Morgan fingerprint density at radius 2 is 1.41 bits per heavy atom. The molecule has 0 atom stereocenters. The fourth-order valence-electron chi connectivity index (χ4n) is 1.55. The summed E-state index contributed by atoms with van der Waals surface area (Å²) in [5.41, 5.74) is 4.53. The summed E-state index contributed by atoms with van der Waals surface area (Å²) in [5.74, 6) is 4.95. The Kier molecular flexibility index (Phi) is 3.07. The normalized spacial score (nSPS) is 9.94. The van der Waals surface area contributed by atoms with Gasteiger partial charge in [0.25, 0.3) is 5.91 Å². The maximum atomic E-state index is 11.2. The number of nitrogens with two attached hydrogens (primary N) is 1. The zero-order valence-electron chi connectivity index (χ0n) is 9.05. The van der Waals surface area contributed by atoms with Crippen LogP contribution in [0.1, 0.15) is 10.4 Å². The summed E-state index contributed by atoms with van der Waals surface area (Å²) in [7, 11) is 0. The van der Waals surface area contributed by atoms with Crippen LogP contribution in [0.3, 0.4) is 0 Å². The molecule has 0 radical (unpaired) electrons. The minimum Gasteiger partial charge on any atom is -0.508 e. The Balaban J connectivity index is 2.29. The van der Waals surface area contributed by atoms with E-state index < -0.39 is 0 Å². The Bertz CT molecular complexity index is 518. The molecule has 2 aromatic carbocycles. The summed E-state index contributed by atoms with van der Waals surface area (Å²) in [6, 6.07) is 13.9. The SMILES string of the molecule is NNC(=O)c1ccc(-c2ccc(O)cc2)cc1. The number of benzene rings is 2. The maximum absolute atomic E-state index is 11.2. The highest BCUT2D eigenvalue weighted by Gasteiger charge is 2.03. The van der Waals surface area contributed by atoms with Gasteiger partial charge in [-0.15, -0.1) is 0 Å². The number of nitrogen functional groups attached to an aromatic ring is 1. The van der Waals surface area contributed by atoms with Crippen LogP contribution in [0.4, 0.5) is 0 Å². The van der Waals surface area contributed by atoms with E-state index in [-0.39, 0.29) is 11.7 Å². The predicted octanol–water partition coefficient (Wildman–Crippen LogP) is 1.66. The number of hydrogen-bond acceptors (Lipinski definition) is 3. The van der Waals surface area contributed by atoms with Crippen LogP contribution in [0.2, 0.25) is 0 Å². The van der Waals surface area contributed by atoms with E-state index in [0.717, 1.165) is 11.1 Å². The van der Waals surface area contributed by atoms with Crippen LogP contribution in [0.15, 0.2) is 48.5 Å². The molecule has 17 heavy (non-hydrogen) atoms. The molecule has 2 rings (SSSR count). The lowest BCUT2D eigenvalue weighted by molar-refractivity contribution is 0.0953. The summed E-state index contributed by atoms with van der Waals surface area (Å²) in [4.78, 5) is 11.2. The van der Waals surface area contributed by atoms with Crippen molar-refractivity contribution in [1.82, 2.24) is 5.43 Å². The molecule has 2 aromatic rings. The smallest absolute Gasteiger partial charge is 0.265 e. The molecule has 0 aliphatic carbocycles. The van der Waals surface area contributed by atoms with Gasteiger partial charge >= 0.3 is 0 Å². The van der Waals surface area contributed by atoms with Gasteiger partial charge in [-0.3, -0.25) is 10.2 Å². The van der Waals surface area contributed by atoms with E-state index in [9.17, 15) is 9.90 Å². The molecule has 0 fully saturated rings. The highest BCUT2D eigenvalue weighted by molar-refractivity contribution is 5.94. The monoisotopic (exact) mass is 228 g/mol. The second-order valence-corrected chi connectivity index (χ2v) is 3.60. The van der Waals surface area contributed by atoms with Crippen LogP contribution in [0.5, 0.6) is 5.75 Å². The van der Waals surface area contributed by atoms with E-state index in [1.807, 2.05) is 24.3 Å². The van der Waals surface area contributed by atoms with Crippen LogP contribution < -0.4 is 11.3 Å². The Hall–Kier alpha value is -2.33. The summed E-state index contributed by atoms with van der Waals surface area (Å²) in [6.07, 6.45) is 0. The van der Waals surface area contributed by atoms with Crippen LogP contribution >= 0.6 is 0 Å². The van der Waals surface area contributed by atoms with Gasteiger partial charge in [0.1, 0.15) is 5.75 Å². The second-order valence-electron chi connectivity index (χ2n) is 3.60. The largest absolute Gasteiger partial charge is 0.508 e. The number of hydrazine groups is 1. The first kappa shape index (κ1) is 11.2. The number of carbonyl (C=O) groups excluding carboxylic acids is 1. The Labute approximate surface area is 98.7 Å². The Morgan fingerprint density at radius 1 is 0.941 bits per heavy atom. The lowest BCUT2D eigenvalue weighted by Gasteiger charge is -2.03. The number of amides is 1. The molecule has 86 valence electrons. The standard InChI is InChI=1S/C13H12N2O2/c14-15-13(17)11-3-1-9(2-4-11)10-5-7-12(16)8-6-10/h1-8,16H,14H2,(H,15,17). The molecule has 0 unspecified atom stereocenters. The molecule has 4 N–H and O–H groups in total. The minimum atomic E-state index is -0.317. The first-order chi connectivity index (χ1) is 8.20. The average Bonchev–Trinajstić information content (AvgIpc) is 2.39. The molecule has 0 aromatic heterocycles. The molecule has 4 nitrogen and oxygen atoms in total. The fourth-order valence-corrected chi connectivity index (χ4v) is 1.55. The number of aromatic hydroxyl groups is 1. The van der Waals surface area contributed by atoms with Crippen LogP contribution in [-0.4, -0.2) is 11.0 Å². The van der Waals surface area contributed by atoms with Gasteiger partial charge in [0.2, 0.25) is 0 Å². The quantitative estimate of drug-likeness (QED) is 0.415. The maximum Gasteiger partial charge on any atom is 0.265 e. The number of nitrogens with one attached hydrogen (secondary N) is 1. The third-order valence-corrected chi connectivity index (χ3v) is 2.48. The fraction of sp³-hybridized carbons (Fsp3) is 0. The van der Waals surface area contributed by atoms with Gasteiger partial charge in [0, 0.05) is 5.56 Å². The van der Waals surface area contributed by atoms with E-state index in [1.165, 1.54) is 0 Å². The van der Waals surface area contributed by atoms with Gasteiger partial charge < -0.3 is 5.11 Å². The lowest BCUT2D eigenvalue weighted by Crippen LogP contribution is -2.29. The summed E-state index contributed by atoms with van der Waals surface area (Å²) < 4.78 is 0. The van der Waals surface area contributed by atoms with Gasteiger partial charge in [-0.2, -0.15) is 0 Å². The number of phenolic OH excluding ortho intramolecular Hbond substituents is 1. The number of rotatable bonds is 2. The minimum absolute atomic E-state index is 0.230. The zero-order valence-corrected chi connectivity index (χ0v) is 9.05. The summed E-state index contributed by atoms with van der Waals surface area (Å²) >= 11 is 0. The third kappa shape index (κ3) is 2.43. The highest BCUT2D eigenvalue weighted by atomic mass is 16.3. The van der Waals surface area contributed by atoms with Gasteiger partial charge in [-0.05, 0) is 35.4 Å². The summed E-state index contributed by atoms with van der Waals surface area (Å²) in [5, 5.41) is 9.19. The topological polar surface area (TPSA) is 75.3 Å². The van der Waals surface area contributed by atoms with Crippen molar-refractivity contribution in [2.75, 3.05) is 0 Å². The van der Waals surface area contributed by atoms with Gasteiger partial charge in [0.05, 0.1) is 0 Å². The zero-order chi connectivity index (χ0) is 12.3. The van der Waals surface area contributed by atoms with Crippen molar-refractivity contribution in [3.63, 3.8) is 0 Å². The third-order valence-electron chi connectivity index (χ3n) is 2.48. The van der Waals surface area contributed by atoms with Gasteiger partial charge in [-0.1, -0.05) is 24.3 Å².